The van der Waals surface area contributed by atoms with Crippen molar-refractivity contribution in [3.8, 4) is 0 Å². The van der Waals surface area contributed by atoms with E-state index in [2.05, 4.69) is 27.4 Å². The summed E-state index contributed by atoms with van der Waals surface area (Å²) >= 11 is 0. The highest BCUT2D eigenvalue weighted by Gasteiger charge is 2.26. The van der Waals surface area contributed by atoms with Crippen molar-refractivity contribution in [1.29, 1.82) is 0 Å². The number of hydrogen-bond acceptors (Lipinski definition) is 2. The Labute approximate surface area is 87.3 Å². The van der Waals surface area contributed by atoms with Gasteiger partial charge in [-0.25, -0.2) is 0 Å². The van der Waals surface area contributed by atoms with Crippen molar-refractivity contribution >= 4 is 5.97 Å². The van der Waals surface area contributed by atoms with E-state index in [1.807, 2.05) is 13.0 Å². The summed E-state index contributed by atoms with van der Waals surface area (Å²) in [6, 6.07) is 0. The maximum Gasteiger partial charge on any atom is 0.306 e. The molecule has 0 fully saturated rings. The van der Waals surface area contributed by atoms with Gasteiger partial charge in [0.1, 0.15) is 0 Å². The molecule has 82 valence electrons. The van der Waals surface area contributed by atoms with E-state index in [0.29, 0.717) is 18.9 Å². The van der Waals surface area contributed by atoms with Crippen molar-refractivity contribution in [2.75, 3.05) is 6.61 Å². The molecule has 0 spiro atoms. The molecule has 0 aliphatic carbocycles. The molecule has 1 unspecified atom stereocenters. The van der Waals surface area contributed by atoms with Gasteiger partial charge in [-0.05, 0) is 24.7 Å². The molecule has 0 aliphatic heterocycles. The maximum absolute atomic E-state index is 11.3. The molecule has 2 nitrogen and oxygen atoms in total. The van der Waals surface area contributed by atoms with Crippen LogP contribution in [-0.2, 0) is 9.53 Å². The van der Waals surface area contributed by atoms with Crippen LogP contribution in [0.2, 0.25) is 0 Å². The second-order valence-electron chi connectivity index (χ2n) is 4.60. The zero-order chi connectivity index (χ0) is 11.2. The normalized spacial score (nSPS) is 13.4. The van der Waals surface area contributed by atoms with Gasteiger partial charge in [0.05, 0.1) is 6.61 Å². The van der Waals surface area contributed by atoms with Crippen LogP contribution >= 0.6 is 0 Å². The summed E-state index contributed by atoms with van der Waals surface area (Å²) in [4.78, 5) is 11.3. The lowest BCUT2D eigenvalue weighted by molar-refractivity contribution is -0.145. The average molecular weight is 198 g/mol. The number of hydrogen-bond donors (Lipinski definition) is 0. The molecule has 0 heterocycles. The number of carbonyl (C=O) groups is 1. The van der Waals surface area contributed by atoms with Crippen molar-refractivity contribution in [3.63, 3.8) is 0 Å². The number of ether oxygens (including phenoxy) is 1. The molecule has 0 aliphatic rings. The number of carbonyl (C=O) groups excluding carboxylic acids is 1. The van der Waals surface area contributed by atoms with Crippen LogP contribution in [0.25, 0.3) is 0 Å². The van der Waals surface area contributed by atoms with Gasteiger partial charge in [0.25, 0.3) is 0 Å². The van der Waals surface area contributed by atoms with Crippen LogP contribution in [-0.4, -0.2) is 12.6 Å². The molecular formula is C12H22O2. The molecule has 0 aromatic carbocycles. The fraction of sp³-hybridized carbons (Fsp3) is 0.750. The van der Waals surface area contributed by atoms with E-state index in [4.69, 9.17) is 4.74 Å². The highest BCUT2D eigenvalue weighted by molar-refractivity contribution is 5.69. The average Bonchev–Trinajstić information content (AvgIpc) is 2.02. The number of rotatable bonds is 5. The van der Waals surface area contributed by atoms with E-state index >= 15 is 0 Å². The molecular weight excluding hydrogens is 176 g/mol. The largest absolute Gasteiger partial charge is 0.466 e. The molecule has 1 atom stereocenters. The lowest BCUT2D eigenvalue weighted by Crippen LogP contribution is -2.23. The molecule has 0 bridgehead atoms. The summed E-state index contributed by atoms with van der Waals surface area (Å²) in [5.41, 5.74) is 0.126. The molecule has 0 N–H and O–H groups in total. The summed E-state index contributed by atoms with van der Waals surface area (Å²) in [6.45, 7) is 12.4. The fourth-order valence-corrected chi connectivity index (χ4v) is 1.37. The van der Waals surface area contributed by atoms with Crippen molar-refractivity contribution in [3.05, 3.63) is 12.7 Å². The standard InChI is InChI=1S/C12H22O2/c1-6-8-10(12(3,4)5)9-11(13)14-7-2/h6,10H,1,7-9H2,2-5H3. The van der Waals surface area contributed by atoms with Gasteiger partial charge in [0, 0.05) is 6.42 Å². The lowest BCUT2D eigenvalue weighted by atomic mass is 9.77. The van der Waals surface area contributed by atoms with E-state index in [0.717, 1.165) is 6.42 Å². The molecule has 0 amide bonds. The molecule has 2 heteroatoms. The zero-order valence-electron chi connectivity index (χ0n) is 9.80. The van der Waals surface area contributed by atoms with E-state index < -0.39 is 0 Å². The molecule has 0 radical (unpaired) electrons. The summed E-state index contributed by atoms with van der Waals surface area (Å²) in [5.74, 6) is 0.216. The topological polar surface area (TPSA) is 26.3 Å². The van der Waals surface area contributed by atoms with E-state index in [1.54, 1.807) is 0 Å². The van der Waals surface area contributed by atoms with Crippen LogP contribution < -0.4 is 0 Å². The van der Waals surface area contributed by atoms with Gasteiger partial charge in [-0.3, -0.25) is 4.79 Å². The van der Waals surface area contributed by atoms with Crippen molar-refractivity contribution in [2.45, 2.75) is 40.5 Å². The first kappa shape index (κ1) is 13.2. The van der Waals surface area contributed by atoms with Crippen molar-refractivity contribution in [1.82, 2.24) is 0 Å². The minimum atomic E-state index is -0.103. The van der Waals surface area contributed by atoms with Crippen molar-refractivity contribution in [2.24, 2.45) is 11.3 Å². The molecule has 0 saturated carbocycles. The second kappa shape index (κ2) is 5.84. The zero-order valence-corrected chi connectivity index (χ0v) is 9.80. The maximum atomic E-state index is 11.3. The van der Waals surface area contributed by atoms with Gasteiger partial charge >= 0.3 is 5.97 Å². The Morgan fingerprint density at radius 3 is 2.43 bits per heavy atom. The van der Waals surface area contributed by atoms with E-state index in [-0.39, 0.29) is 11.4 Å². The van der Waals surface area contributed by atoms with Gasteiger partial charge in [0.15, 0.2) is 0 Å². The minimum absolute atomic E-state index is 0.103. The van der Waals surface area contributed by atoms with Crippen LogP contribution in [0, 0.1) is 11.3 Å². The van der Waals surface area contributed by atoms with Crippen LogP contribution in [0.4, 0.5) is 0 Å². The Hall–Kier alpha value is -0.790. The first-order valence-corrected chi connectivity index (χ1v) is 5.18. The Morgan fingerprint density at radius 1 is 1.50 bits per heavy atom. The number of allylic oxidation sites excluding steroid dienone is 1. The molecule has 0 saturated heterocycles. The van der Waals surface area contributed by atoms with E-state index in [9.17, 15) is 4.79 Å². The van der Waals surface area contributed by atoms with Gasteiger partial charge in [0.2, 0.25) is 0 Å². The second-order valence-corrected chi connectivity index (χ2v) is 4.60. The summed E-state index contributed by atoms with van der Waals surface area (Å²) in [5, 5.41) is 0. The van der Waals surface area contributed by atoms with Crippen LogP contribution in [0.5, 0.6) is 0 Å². The monoisotopic (exact) mass is 198 g/mol. The minimum Gasteiger partial charge on any atom is -0.466 e. The smallest absolute Gasteiger partial charge is 0.306 e. The molecule has 0 aromatic heterocycles. The summed E-state index contributed by atoms with van der Waals surface area (Å²) < 4.78 is 4.94. The first-order chi connectivity index (χ1) is 6.41. The highest BCUT2D eigenvalue weighted by atomic mass is 16.5. The van der Waals surface area contributed by atoms with Gasteiger partial charge in [-0.1, -0.05) is 26.8 Å². The highest BCUT2D eigenvalue weighted by Crippen LogP contribution is 2.31. The summed E-state index contributed by atoms with van der Waals surface area (Å²) in [6.07, 6.45) is 3.22. The Balaban J connectivity index is 4.23. The van der Waals surface area contributed by atoms with E-state index in [1.165, 1.54) is 0 Å². The molecule has 0 rings (SSSR count). The van der Waals surface area contributed by atoms with Crippen LogP contribution in [0.1, 0.15) is 40.5 Å². The van der Waals surface area contributed by atoms with Gasteiger partial charge in [-0.15, -0.1) is 6.58 Å². The third-order valence-electron chi connectivity index (χ3n) is 2.39. The van der Waals surface area contributed by atoms with Gasteiger partial charge in [-0.2, -0.15) is 0 Å². The Morgan fingerprint density at radius 2 is 2.07 bits per heavy atom. The van der Waals surface area contributed by atoms with Crippen molar-refractivity contribution < 1.29 is 9.53 Å². The Kier molecular flexibility index (Phi) is 5.51. The third kappa shape index (κ3) is 5.05. The fourth-order valence-electron chi connectivity index (χ4n) is 1.37. The molecule has 0 aromatic rings. The summed E-state index contributed by atoms with van der Waals surface area (Å²) in [7, 11) is 0. The SMILES string of the molecule is C=CCC(CC(=O)OCC)C(C)(C)C. The predicted molar refractivity (Wildman–Crippen MR) is 59.0 cm³/mol. The third-order valence-corrected chi connectivity index (χ3v) is 2.39. The quantitative estimate of drug-likeness (QED) is 0.501. The van der Waals surface area contributed by atoms with Crippen LogP contribution in [0.15, 0.2) is 12.7 Å². The predicted octanol–water partition coefficient (Wildman–Crippen LogP) is 3.18. The first-order valence-electron chi connectivity index (χ1n) is 5.18. The number of esters is 1. The van der Waals surface area contributed by atoms with Gasteiger partial charge < -0.3 is 4.74 Å². The lowest BCUT2D eigenvalue weighted by Gasteiger charge is -2.29. The Bertz CT molecular complexity index is 189. The molecule has 14 heavy (non-hydrogen) atoms. The van der Waals surface area contributed by atoms with Crippen LogP contribution in [0.3, 0.4) is 0 Å².